The molecule has 0 N–H and O–H groups in total. The van der Waals surface area contributed by atoms with Gasteiger partial charge >= 0.3 is 5.69 Å². The van der Waals surface area contributed by atoms with Crippen molar-refractivity contribution in [1.82, 2.24) is 18.7 Å². The van der Waals surface area contributed by atoms with Crippen LogP contribution in [0.1, 0.15) is 31.5 Å². The second-order valence-electron chi connectivity index (χ2n) is 6.36. The zero-order chi connectivity index (χ0) is 18.9. The van der Waals surface area contributed by atoms with Crippen molar-refractivity contribution in [2.75, 3.05) is 20.2 Å². The van der Waals surface area contributed by atoms with Crippen molar-refractivity contribution >= 4 is 10.0 Å². The van der Waals surface area contributed by atoms with Crippen LogP contribution in [-0.2, 0) is 23.6 Å². The number of rotatable bonds is 5. The first-order chi connectivity index (χ1) is 12.4. The molecule has 0 amide bonds. The summed E-state index contributed by atoms with van der Waals surface area (Å²) in [4.78, 5) is 12.3. The second-order valence-corrected chi connectivity index (χ2v) is 8.30. The highest BCUT2D eigenvalue weighted by Gasteiger charge is 2.32. The van der Waals surface area contributed by atoms with Crippen molar-refractivity contribution < 1.29 is 13.2 Å². The predicted molar refractivity (Wildman–Crippen MR) is 96.9 cm³/mol. The molecule has 1 aliphatic heterocycles. The summed E-state index contributed by atoms with van der Waals surface area (Å²) >= 11 is 0. The summed E-state index contributed by atoms with van der Waals surface area (Å²) in [6.45, 7) is 3.29. The second kappa shape index (κ2) is 7.24. The maximum absolute atomic E-state index is 12.8. The molecular weight excluding hydrogens is 356 g/mol. The summed E-state index contributed by atoms with van der Waals surface area (Å²) in [6, 6.07) is 6.42. The summed E-state index contributed by atoms with van der Waals surface area (Å²) in [6.07, 6.45) is 1.29. The molecule has 2 aromatic rings. The van der Waals surface area contributed by atoms with Gasteiger partial charge in [-0.05, 0) is 44.0 Å². The molecule has 1 aliphatic rings. The lowest BCUT2D eigenvalue weighted by Gasteiger charge is -2.30. The van der Waals surface area contributed by atoms with Crippen LogP contribution in [0.25, 0.3) is 0 Å². The van der Waals surface area contributed by atoms with Gasteiger partial charge in [-0.2, -0.15) is 9.40 Å². The standard InChI is InChI=1S/C17H24N4O4S/c1-4-21-16(18-19(2)17(21)22)13-9-11-20(12-10-13)26(23,24)15-7-5-14(25-3)6-8-15/h5-8,13H,4,9-12H2,1-3H3. The number of hydrogen-bond donors (Lipinski definition) is 0. The number of piperidine rings is 1. The molecule has 0 atom stereocenters. The maximum Gasteiger partial charge on any atom is 0.345 e. The van der Waals surface area contributed by atoms with Crippen LogP contribution < -0.4 is 10.4 Å². The van der Waals surface area contributed by atoms with E-state index in [1.54, 1.807) is 43.0 Å². The van der Waals surface area contributed by atoms with Gasteiger partial charge in [-0.25, -0.2) is 17.9 Å². The van der Waals surface area contributed by atoms with E-state index in [-0.39, 0.29) is 16.5 Å². The minimum Gasteiger partial charge on any atom is -0.497 e. The minimum atomic E-state index is -3.53. The Hall–Kier alpha value is -2.13. The zero-order valence-electron chi connectivity index (χ0n) is 15.3. The van der Waals surface area contributed by atoms with Crippen molar-refractivity contribution in [3.8, 4) is 5.75 Å². The molecule has 26 heavy (non-hydrogen) atoms. The average molecular weight is 380 g/mol. The SMILES string of the molecule is CCn1c(C2CCN(S(=O)(=O)c3ccc(OC)cc3)CC2)nn(C)c1=O. The number of aromatic nitrogens is 3. The number of ether oxygens (including phenoxy) is 1. The smallest absolute Gasteiger partial charge is 0.345 e. The summed E-state index contributed by atoms with van der Waals surface area (Å²) in [7, 11) is -0.344. The molecule has 0 aliphatic carbocycles. The van der Waals surface area contributed by atoms with E-state index in [2.05, 4.69) is 5.10 Å². The van der Waals surface area contributed by atoms with Crippen LogP contribution in [-0.4, -0.2) is 47.3 Å². The Kier molecular flexibility index (Phi) is 5.19. The van der Waals surface area contributed by atoms with Crippen LogP contribution in [0, 0.1) is 0 Å². The third kappa shape index (κ3) is 3.28. The number of nitrogens with zero attached hydrogens (tertiary/aromatic N) is 4. The predicted octanol–water partition coefficient (Wildman–Crippen LogP) is 1.18. The number of sulfonamides is 1. The Balaban J connectivity index is 1.75. The molecule has 0 spiro atoms. The minimum absolute atomic E-state index is 0.0890. The quantitative estimate of drug-likeness (QED) is 0.777. The Labute approximate surface area is 153 Å². The van der Waals surface area contributed by atoms with Gasteiger partial charge in [0.15, 0.2) is 0 Å². The van der Waals surface area contributed by atoms with E-state index in [4.69, 9.17) is 4.74 Å². The van der Waals surface area contributed by atoms with E-state index < -0.39 is 10.0 Å². The van der Waals surface area contributed by atoms with Gasteiger partial charge < -0.3 is 4.74 Å². The van der Waals surface area contributed by atoms with E-state index in [1.165, 1.54) is 8.99 Å². The molecule has 0 saturated carbocycles. The highest BCUT2D eigenvalue weighted by Crippen LogP contribution is 2.29. The third-order valence-electron chi connectivity index (χ3n) is 4.87. The summed E-state index contributed by atoms with van der Waals surface area (Å²) in [5.74, 6) is 1.46. The van der Waals surface area contributed by atoms with Crippen LogP contribution in [0.4, 0.5) is 0 Å². The van der Waals surface area contributed by atoms with Crippen molar-refractivity contribution in [2.45, 2.75) is 37.1 Å². The molecule has 0 unspecified atom stereocenters. The van der Waals surface area contributed by atoms with Crippen molar-refractivity contribution in [3.05, 3.63) is 40.6 Å². The molecule has 2 heterocycles. The fourth-order valence-electron chi connectivity index (χ4n) is 3.37. The topological polar surface area (TPSA) is 86.4 Å². The van der Waals surface area contributed by atoms with Gasteiger partial charge in [0.1, 0.15) is 11.6 Å². The molecule has 142 valence electrons. The van der Waals surface area contributed by atoms with E-state index in [0.717, 1.165) is 5.82 Å². The third-order valence-corrected chi connectivity index (χ3v) is 6.78. The molecule has 3 rings (SSSR count). The Bertz CT molecular complexity index is 923. The Morgan fingerprint density at radius 1 is 1.19 bits per heavy atom. The van der Waals surface area contributed by atoms with Gasteiger partial charge in [-0.1, -0.05) is 0 Å². The molecule has 1 fully saturated rings. The number of aryl methyl sites for hydroxylation is 1. The Morgan fingerprint density at radius 2 is 1.81 bits per heavy atom. The summed E-state index contributed by atoms with van der Waals surface area (Å²) < 4.78 is 35.2. The van der Waals surface area contributed by atoms with Crippen molar-refractivity contribution in [3.63, 3.8) is 0 Å². The van der Waals surface area contributed by atoms with Crippen LogP contribution in [0.3, 0.4) is 0 Å². The molecular formula is C17H24N4O4S. The van der Waals surface area contributed by atoms with E-state index in [0.29, 0.717) is 38.2 Å². The first-order valence-electron chi connectivity index (χ1n) is 8.66. The number of hydrogen-bond acceptors (Lipinski definition) is 5. The normalized spacial score (nSPS) is 16.7. The molecule has 0 radical (unpaired) electrons. The molecule has 9 heteroatoms. The summed E-state index contributed by atoms with van der Waals surface area (Å²) in [5, 5.41) is 4.35. The number of methoxy groups -OCH3 is 1. The highest BCUT2D eigenvalue weighted by molar-refractivity contribution is 7.89. The van der Waals surface area contributed by atoms with Crippen LogP contribution in [0.2, 0.25) is 0 Å². The monoisotopic (exact) mass is 380 g/mol. The lowest BCUT2D eigenvalue weighted by molar-refractivity contribution is 0.308. The molecule has 1 aromatic heterocycles. The van der Waals surface area contributed by atoms with Crippen molar-refractivity contribution in [1.29, 1.82) is 0 Å². The largest absolute Gasteiger partial charge is 0.497 e. The molecule has 0 bridgehead atoms. The summed E-state index contributed by atoms with van der Waals surface area (Å²) in [5.41, 5.74) is -0.129. The van der Waals surface area contributed by atoms with E-state index in [1.807, 2.05) is 6.92 Å². The fraction of sp³-hybridized carbons (Fsp3) is 0.529. The fourth-order valence-corrected chi connectivity index (χ4v) is 4.84. The average Bonchev–Trinajstić information content (AvgIpc) is 2.96. The van der Waals surface area contributed by atoms with Crippen LogP contribution in [0.15, 0.2) is 34.0 Å². The first-order valence-corrected chi connectivity index (χ1v) is 10.1. The van der Waals surface area contributed by atoms with Gasteiger partial charge in [-0.3, -0.25) is 4.57 Å². The van der Waals surface area contributed by atoms with Crippen molar-refractivity contribution in [2.24, 2.45) is 7.05 Å². The van der Waals surface area contributed by atoms with Gasteiger partial charge in [0.25, 0.3) is 0 Å². The van der Waals surface area contributed by atoms with Gasteiger partial charge in [0.2, 0.25) is 10.0 Å². The lowest BCUT2D eigenvalue weighted by Crippen LogP contribution is -2.38. The van der Waals surface area contributed by atoms with Gasteiger partial charge in [0.05, 0.1) is 12.0 Å². The first kappa shape index (κ1) is 18.7. The number of benzene rings is 1. The zero-order valence-corrected chi connectivity index (χ0v) is 16.1. The van der Waals surface area contributed by atoms with E-state index >= 15 is 0 Å². The Morgan fingerprint density at radius 3 is 2.35 bits per heavy atom. The van der Waals surface area contributed by atoms with Gasteiger partial charge in [-0.15, -0.1) is 0 Å². The highest BCUT2D eigenvalue weighted by atomic mass is 32.2. The van der Waals surface area contributed by atoms with Crippen LogP contribution in [0.5, 0.6) is 5.75 Å². The van der Waals surface area contributed by atoms with E-state index in [9.17, 15) is 13.2 Å². The molecule has 1 aromatic carbocycles. The van der Waals surface area contributed by atoms with Crippen LogP contribution >= 0.6 is 0 Å². The maximum atomic E-state index is 12.8. The molecule has 1 saturated heterocycles. The lowest BCUT2D eigenvalue weighted by atomic mass is 9.97. The molecule has 8 nitrogen and oxygen atoms in total. The van der Waals surface area contributed by atoms with Gasteiger partial charge in [0, 0.05) is 32.6 Å².